The van der Waals surface area contributed by atoms with Crippen LogP contribution in [-0.4, -0.2) is 49.0 Å². The zero-order chi connectivity index (χ0) is 31.7. The number of carbonyl (C=O) groups excluding carboxylic acids is 3. The summed E-state index contributed by atoms with van der Waals surface area (Å²) in [5.41, 5.74) is 1.16. The highest BCUT2D eigenvalue weighted by Gasteiger charge is 2.43. The summed E-state index contributed by atoms with van der Waals surface area (Å²) >= 11 is 6.23. The molecule has 1 heterocycles. The first-order valence-corrected chi connectivity index (χ1v) is 15.4. The van der Waals surface area contributed by atoms with E-state index in [0.717, 1.165) is 4.31 Å². The number of aromatic hydroxyl groups is 1. The Bertz CT molecular complexity index is 1670. The van der Waals surface area contributed by atoms with Crippen molar-refractivity contribution in [3.63, 3.8) is 0 Å². The molecule has 1 aliphatic heterocycles. The van der Waals surface area contributed by atoms with E-state index in [-0.39, 0.29) is 28.4 Å². The van der Waals surface area contributed by atoms with Crippen molar-refractivity contribution in [1.82, 2.24) is 5.32 Å². The molecular formula is C31H34ClN3O7S. The van der Waals surface area contributed by atoms with Gasteiger partial charge in [0.15, 0.2) is 0 Å². The number of phenols is 1. The maximum atomic E-state index is 14.2. The van der Waals surface area contributed by atoms with Crippen LogP contribution in [0.4, 0.5) is 11.4 Å². The molecule has 12 heteroatoms. The number of nitrogens with zero attached hydrogens (tertiary/aromatic N) is 1. The second-order valence-electron chi connectivity index (χ2n) is 11.4. The zero-order valence-electron chi connectivity index (χ0n) is 24.5. The van der Waals surface area contributed by atoms with Crippen molar-refractivity contribution >= 4 is 50.8 Å². The number of nitrogens with one attached hydrogen (secondary N) is 2. The number of halogens is 1. The number of ether oxygens (including phenoxy) is 1. The molecule has 0 saturated heterocycles. The lowest BCUT2D eigenvalue weighted by atomic mass is 10.0. The molecule has 4 rings (SSSR count). The Kier molecular flexibility index (Phi) is 9.08. The average molecular weight is 628 g/mol. The van der Waals surface area contributed by atoms with Gasteiger partial charge >= 0.3 is 5.97 Å². The number of amides is 2. The van der Waals surface area contributed by atoms with E-state index in [1.165, 1.54) is 24.3 Å². The van der Waals surface area contributed by atoms with E-state index in [0.29, 0.717) is 21.7 Å². The summed E-state index contributed by atoms with van der Waals surface area (Å²) in [6, 6.07) is 12.9. The third kappa shape index (κ3) is 7.29. The minimum Gasteiger partial charge on any atom is -0.508 e. The highest BCUT2D eigenvalue weighted by Crippen LogP contribution is 2.38. The molecule has 0 aromatic heterocycles. The molecule has 2 atom stereocenters. The van der Waals surface area contributed by atoms with E-state index in [1.54, 1.807) is 71.0 Å². The third-order valence-electron chi connectivity index (χ3n) is 6.76. The number of hydrogen-bond acceptors (Lipinski definition) is 7. The van der Waals surface area contributed by atoms with Crippen LogP contribution in [0.15, 0.2) is 65.6 Å². The van der Waals surface area contributed by atoms with Crippen molar-refractivity contribution in [3.8, 4) is 5.75 Å². The van der Waals surface area contributed by atoms with Crippen molar-refractivity contribution in [2.24, 2.45) is 0 Å². The number of para-hydroxylation sites is 2. The summed E-state index contributed by atoms with van der Waals surface area (Å²) in [4.78, 5) is 39.9. The van der Waals surface area contributed by atoms with Gasteiger partial charge in [0.1, 0.15) is 23.4 Å². The van der Waals surface area contributed by atoms with Gasteiger partial charge < -0.3 is 20.5 Å². The Labute approximate surface area is 256 Å². The van der Waals surface area contributed by atoms with Crippen molar-refractivity contribution < 1.29 is 32.6 Å². The van der Waals surface area contributed by atoms with Crippen LogP contribution in [0.1, 0.15) is 43.9 Å². The van der Waals surface area contributed by atoms with Gasteiger partial charge in [-0.2, -0.15) is 0 Å². The number of aryl methyl sites for hydroxylation is 2. The van der Waals surface area contributed by atoms with E-state index in [2.05, 4.69) is 10.6 Å². The van der Waals surface area contributed by atoms with Gasteiger partial charge in [-0.05, 0) is 87.7 Å². The summed E-state index contributed by atoms with van der Waals surface area (Å²) < 4.78 is 34.9. The molecular weight excluding hydrogens is 594 g/mol. The number of sulfonamides is 1. The SMILES string of the molecule is Cc1cc(S(=O)(=O)N2c3ccccc3NC(=O)C2CC(=O)NC(Cc2ccc(O)cc2)C(=O)OC(C)(C)C)c(C)cc1Cl. The first-order chi connectivity index (χ1) is 20.1. The van der Waals surface area contributed by atoms with E-state index in [9.17, 15) is 27.9 Å². The fourth-order valence-electron chi connectivity index (χ4n) is 4.74. The van der Waals surface area contributed by atoms with Gasteiger partial charge in [-0.25, -0.2) is 13.2 Å². The molecule has 228 valence electrons. The maximum Gasteiger partial charge on any atom is 0.329 e. The highest BCUT2D eigenvalue weighted by atomic mass is 35.5. The molecule has 0 fully saturated rings. The van der Waals surface area contributed by atoms with Gasteiger partial charge in [0, 0.05) is 11.4 Å². The quantitative estimate of drug-likeness (QED) is 0.309. The largest absolute Gasteiger partial charge is 0.508 e. The summed E-state index contributed by atoms with van der Waals surface area (Å²) in [5, 5.41) is 15.4. The maximum absolute atomic E-state index is 14.2. The van der Waals surface area contributed by atoms with Gasteiger partial charge in [-0.3, -0.25) is 13.9 Å². The van der Waals surface area contributed by atoms with Crippen LogP contribution in [0.5, 0.6) is 5.75 Å². The van der Waals surface area contributed by atoms with E-state index in [4.69, 9.17) is 16.3 Å². The van der Waals surface area contributed by atoms with Gasteiger partial charge in [-0.1, -0.05) is 35.9 Å². The lowest BCUT2D eigenvalue weighted by Crippen LogP contribution is -2.54. The van der Waals surface area contributed by atoms with Crippen molar-refractivity contribution in [2.75, 3.05) is 9.62 Å². The van der Waals surface area contributed by atoms with Crippen molar-refractivity contribution in [1.29, 1.82) is 0 Å². The molecule has 3 aromatic rings. The lowest BCUT2D eigenvalue weighted by molar-refractivity contribution is -0.158. The molecule has 0 saturated carbocycles. The smallest absolute Gasteiger partial charge is 0.329 e. The summed E-state index contributed by atoms with van der Waals surface area (Å²) in [7, 11) is -4.38. The minimum atomic E-state index is -4.38. The Hall–Kier alpha value is -4.09. The normalized spacial score (nSPS) is 15.7. The van der Waals surface area contributed by atoms with Crippen LogP contribution in [0.25, 0.3) is 0 Å². The van der Waals surface area contributed by atoms with Gasteiger partial charge in [0.05, 0.1) is 22.7 Å². The highest BCUT2D eigenvalue weighted by molar-refractivity contribution is 7.93. The van der Waals surface area contributed by atoms with Crippen LogP contribution in [0, 0.1) is 13.8 Å². The van der Waals surface area contributed by atoms with E-state index < -0.39 is 51.9 Å². The van der Waals surface area contributed by atoms with Crippen LogP contribution >= 0.6 is 11.6 Å². The van der Waals surface area contributed by atoms with Gasteiger partial charge in [0.25, 0.3) is 10.0 Å². The molecule has 43 heavy (non-hydrogen) atoms. The van der Waals surface area contributed by atoms with Crippen molar-refractivity contribution in [3.05, 3.63) is 82.4 Å². The molecule has 3 aromatic carbocycles. The Morgan fingerprint density at radius 1 is 1.07 bits per heavy atom. The van der Waals surface area contributed by atoms with Crippen LogP contribution < -0.4 is 14.9 Å². The monoisotopic (exact) mass is 627 g/mol. The molecule has 2 unspecified atom stereocenters. The van der Waals surface area contributed by atoms with Crippen LogP contribution in [0.2, 0.25) is 5.02 Å². The number of phenolic OH excluding ortho intramolecular Hbond substituents is 1. The average Bonchev–Trinajstić information content (AvgIpc) is 2.90. The number of benzene rings is 3. The second-order valence-corrected chi connectivity index (χ2v) is 13.6. The Morgan fingerprint density at radius 2 is 1.72 bits per heavy atom. The first-order valence-electron chi connectivity index (χ1n) is 13.6. The molecule has 1 aliphatic rings. The standard InChI is InChI=1S/C31H34ClN3O7S/c1-18-15-27(19(2)14-22(18)32)43(40,41)35-25-9-7-6-8-23(25)34-29(38)26(35)17-28(37)33-24(30(39)42-31(3,4)5)16-20-10-12-21(36)13-11-20/h6-15,24,26,36H,16-17H2,1-5H3,(H,33,37)(H,34,38). The topological polar surface area (TPSA) is 142 Å². The molecule has 3 N–H and O–H groups in total. The first kappa shape index (κ1) is 31.8. The fourth-order valence-corrected chi connectivity index (χ4v) is 6.88. The van der Waals surface area contributed by atoms with Gasteiger partial charge in [0.2, 0.25) is 11.8 Å². The van der Waals surface area contributed by atoms with Crippen molar-refractivity contribution in [2.45, 2.75) is 70.0 Å². The number of esters is 1. The predicted octanol–water partition coefficient (Wildman–Crippen LogP) is 4.64. The number of hydrogen-bond donors (Lipinski definition) is 3. The Morgan fingerprint density at radius 3 is 2.37 bits per heavy atom. The van der Waals surface area contributed by atoms with Crippen LogP contribution in [0.3, 0.4) is 0 Å². The number of rotatable bonds is 8. The second kappa shape index (κ2) is 12.3. The van der Waals surface area contributed by atoms with E-state index >= 15 is 0 Å². The fraction of sp³-hybridized carbons (Fsp3) is 0.323. The predicted molar refractivity (Wildman–Crippen MR) is 164 cm³/mol. The molecule has 0 radical (unpaired) electrons. The molecule has 0 spiro atoms. The summed E-state index contributed by atoms with van der Waals surface area (Å²) in [6.07, 6.45) is -0.550. The Balaban J connectivity index is 1.69. The van der Waals surface area contributed by atoms with Gasteiger partial charge in [-0.15, -0.1) is 0 Å². The number of carbonyl (C=O) groups is 3. The molecule has 10 nitrogen and oxygen atoms in total. The zero-order valence-corrected chi connectivity index (χ0v) is 26.0. The molecule has 0 bridgehead atoms. The lowest BCUT2D eigenvalue weighted by Gasteiger charge is -2.37. The minimum absolute atomic E-state index is 0.0336. The van der Waals surface area contributed by atoms with E-state index in [1.807, 2.05) is 0 Å². The molecule has 2 amide bonds. The third-order valence-corrected chi connectivity index (χ3v) is 9.13. The summed E-state index contributed by atoms with van der Waals surface area (Å²) in [5.74, 6) is -2.10. The van der Waals surface area contributed by atoms with Crippen LogP contribution in [-0.2, 0) is 35.6 Å². The number of fused-ring (bicyclic) bond motifs is 1. The number of anilines is 2. The summed E-state index contributed by atoms with van der Waals surface area (Å²) in [6.45, 7) is 8.35. The molecule has 0 aliphatic carbocycles.